The monoisotopic (exact) mass is 325 g/mol. The van der Waals surface area contributed by atoms with Crippen molar-refractivity contribution in [2.45, 2.75) is 11.3 Å². The minimum absolute atomic E-state index is 0.139. The molecule has 0 aliphatic heterocycles. The lowest BCUT2D eigenvalue weighted by Gasteiger charge is -2.11. The second kappa shape index (κ2) is 7.28. The zero-order chi connectivity index (χ0) is 15.2. The molecule has 1 heterocycles. The molecule has 0 aliphatic carbocycles. The van der Waals surface area contributed by atoms with Crippen molar-refractivity contribution in [2.75, 3.05) is 25.3 Å². The molecule has 2 rings (SSSR count). The van der Waals surface area contributed by atoms with E-state index in [1.807, 2.05) is 6.92 Å². The standard InChI is InChI=1S/C13H15N3O3S2/c1-8-15-16-13(21-8)20-7-12(17)14-10-6-9(18-2)4-5-11(10)19-3/h4-6H,7H2,1-3H3,(H,14,17). The SMILES string of the molecule is COc1ccc(OC)c(NC(=O)CSc2nnc(C)s2)c1. The number of rotatable bonds is 6. The molecule has 0 radical (unpaired) electrons. The summed E-state index contributed by atoms with van der Waals surface area (Å²) in [4.78, 5) is 12.0. The number of nitrogens with zero attached hydrogens (tertiary/aromatic N) is 2. The molecule has 0 bridgehead atoms. The first kappa shape index (κ1) is 15.6. The molecule has 1 amide bonds. The van der Waals surface area contributed by atoms with Gasteiger partial charge in [0.15, 0.2) is 4.34 Å². The molecule has 2 aromatic rings. The van der Waals surface area contributed by atoms with Gasteiger partial charge in [-0.25, -0.2) is 0 Å². The Hall–Kier alpha value is -1.80. The molecule has 0 spiro atoms. The van der Waals surface area contributed by atoms with Crippen LogP contribution in [0.2, 0.25) is 0 Å². The number of anilines is 1. The first-order chi connectivity index (χ1) is 10.1. The van der Waals surface area contributed by atoms with Crippen molar-refractivity contribution in [1.29, 1.82) is 0 Å². The van der Waals surface area contributed by atoms with Crippen molar-refractivity contribution in [1.82, 2.24) is 10.2 Å². The number of amides is 1. The van der Waals surface area contributed by atoms with Gasteiger partial charge in [0.05, 0.1) is 25.7 Å². The number of aromatic nitrogens is 2. The molecule has 0 saturated heterocycles. The van der Waals surface area contributed by atoms with E-state index in [1.165, 1.54) is 23.1 Å². The van der Waals surface area contributed by atoms with Gasteiger partial charge in [0.2, 0.25) is 5.91 Å². The highest BCUT2D eigenvalue weighted by molar-refractivity contribution is 8.01. The third kappa shape index (κ3) is 4.33. The van der Waals surface area contributed by atoms with Crippen molar-refractivity contribution in [3.63, 3.8) is 0 Å². The Morgan fingerprint density at radius 2 is 2.14 bits per heavy atom. The largest absolute Gasteiger partial charge is 0.497 e. The van der Waals surface area contributed by atoms with E-state index in [0.29, 0.717) is 17.2 Å². The summed E-state index contributed by atoms with van der Waals surface area (Å²) in [5.41, 5.74) is 0.580. The lowest BCUT2D eigenvalue weighted by Crippen LogP contribution is -2.14. The number of carbonyl (C=O) groups excluding carboxylic acids is 1. The van der Waals surface area contributed by atoms with E-state index in [4.69, 9.17) is 9.47 Å². The summed E-state index contributed by atoms with van der Waals surface area (Å²) in [6.07, 6.45) is 0. The number of nitrogens with one attached hydrogen (secondary N) is 1. The molecule has 21 heavy (non-hydrogen) atoms. The van der Waals surface area contributed by atoms with Crippen molar-refractivity contribution in [2.24, 2.45) is 0 Å². The van der Waals surface area contributed by atoms with E-state index in [1.54, 1.807) is 32.4 Å². The van der Waals surface area contributed by atoms with Gasteiger partial charge in [-0.1, -0.05) is 23.1 Å². The number of hydrogen-bond acceptors (Lipinski definition) is 7. The second-order valence-electron chi connectivity index (χ2n) is 3.99. The maximum absolute atomic E-state index is 12.0. The molecule has 8 heteroatoms. The van der Waals surface area contributed by atoms with Gasteiger partial charge < -0.3 is 14.8 Å². The number of carbonyl (C=O) groups is 1. The number of methoxy groups -OCH3 is 2. The highest BCUT2D eigenvalue weighted by atomic mass is 32.2. The molecule has 112 valence electrons. The predicted octanol–water partition coefficient (Wildman–Crippen LogP) is 2.59. The minimum Gasteiger partial charge on any atom is -0.497 e. The topological polar surface area (TPSA) is 73.3 Å². The summed E-state index contributed by atoms with van der Waals surface area (Å²) in [7, 11) is 3.12. The molecular formula is C13H15N3O3S2. The first-order valence-corrected chi connectivity index (χ1v) is 7.87. The van der Waals surface area contributed by atoms with E-state index in [0.717, 1.165) is 9.35 Å². The normalized spacial score (nSPS) is 10.2. The zero-order valence-electron chi connectivity index (χ0n) is 11.9. The van der Waals surface area contributed by atoms with Crippen LogP contribution in [0.25, 0.3) is 0 Å². The van der Waals surface area contributed by atoms with Crippen LogP contribution >= 0.6 is 23.1 Å². The Morgan fingerprint density at radius 3 is 2.76 bits per heavy atom. The van der Waals surface area contributed by atoms with Crippen LogP contribution in [0, 0.1) is 6.92 Å². The molecule has 1 N–H and O–H groups in total. The van der Waals surface area contributed by atoms with E-state index in [-0.39, 0.29) is 11.7 Å². The zero-order valence-corrected chi connectivity index (χ0v) is 13.5. The van der Waals surface area contributed by atoms with Gasteiger partial charge in [0.25, 0.3) is 0 Å². The Labute approximate surface area is 130 Å². The highest BCUT2D eigenvalue weighted by Gasteiger charge is 2.11. The second-order valence-corrected chi connectivity index (χ2v) is 6.39. The Morgan fingerprint density at radius 1 is 1.33 bits per heavy atom. The van der Waals surface area contributed by atoms with Crippen molar-refractivity contribution in [3.05, 3.63) is 23.2 Å². The van der Waals surface area contributed by atoms with Crippen LogP contribution in [0.5, 0.6) is 11.5 Å². The van der Waals surface area contributed by atoms with Crippen LogP contribution in [0.3, 0.4) is 0 Å². The molecule has 0 atom stereocenters. The lowest BCUT2D eigenvalue weighted by molar-refractivity contribution is -0.113. The maximum Gasteiger partial charge on any atom is 0.234 e. The van der Waals surface area contributed by atoms with E-state index < -0.39 is 0 Å². The van der Waals surface area contributed by atoms with Gasteiger partial charge in [-0.2, -0.15) is 0 Å². The van der Waals surface area contributed by atoms with Gasteiger partial charge in [0.1, 0.15) is 16.5 Å². The average molecular weight is 325 g/mol. The van der Waals surface area contributed by atoms with Crippen LogP contribution in [0.1, 0.15) is 5.01 Å². The molecule has 1 aromatic heterocycles. The van der Waals surface area contributed by atoms with Gasteiger partial charge >= 0.3 is 0 Å². The average Bonchev–Trinajstić information content (AvgIpc) is 2.90. The van der Waals surface area contributed by atoms with Gasteiger partial charge in [0, 0.05) is 6.07 Å². The van der Waals surface area contributed by atoms with Crippen molar-refractivity contribution >= 4 is 34.7 Å². The Bertz CT molecular complexity index is 631. The fourth-order valence-electron chi connectivity index (χ4n) is 1.56. The van der Waals surface area contributed by atoms with Crippen molar-refractivity contribution in [3.8, 4) is 11.5 Å². The van der Waals surface area contributed by atoms with Crippen LogP contribution in [0.15, 0.2) is 22.5 Å². The predicted molar refractivity (Wildman–Crippen MR) is 83.5 cm³/mol. The number of aryl methyl sites for hydroxylation is 1. The third-order valence-electron chi connectivity index (χ3n) is 2.51. The molecule has 1 aromatic carbocycles. The quantitative estimate of drug-likeness (QED) is 0.823. The summed E-state index contributed by atoms with van der Waals surface area (Å²) < 4.78 is 11.1. The molecular weight excluding hydrogens is 310 g/mol. The van der Waals surface area contributed by atoms with Crippen LogP contribution in [-0.4, -0.2) is 36.1 Å². The summed E-state index contributed by atoms with van der Waals surface area (Å²) in [6.45, 7) is 1.88. The smallest absolute Gasteiger partial charge is 0.234 e. The van der Waals surface area contributed by atoms with Gasteiger partial charge in [-0.3, -0.25) is 4.79 Å². The first-order valence-electron chi connectivity index (χ1n) is 6.07. The van der Waals surface area contributed by atoms with E-state index >= 15 is 0 Å². The molecule has 0 saturated carbocycles. The Kier molecular flexibility index (Phi) is 5.40. The maximum atomic E-state index is 12.0. The number of thioether (sulfide) groups is 1. The van der Waals surface area contributed by atoms with E-state index in [9.17, 15) is 4.79 Å². The fraction of sp³-hybridized carbons (Fsp3) is 0.308. The number of benzene rings is 1. The third-order valence-corrected chi connectivity index (χ3v) is 4.49. The molecule has 0 fully saturated rings. The summed E-state index contributed by atoms with van der Waals surface area (Å²) in [5, 5.41) is 11.6. The summed E-state index contributed by atoms with van der Waals surface area (Å²) in [5.74, 6) is 1.36. The molecule has 0 aliphatic rings. The van der Waals surface area contributed by atoms with Crippen molar-refractivity contribution < 1.29 is 14.3 Å². The summed E-state index contributed by atoms with van der Waals surface area (Å²) in [6, 6.07) is 5.24. The highest BCUT2D eigenvalue weighted by Crippen LogP contribution is 2.29. The lowest BCUT2D eigenvalue weighted by atomic mass is 10.2. The number of hydrogen-bond donors (Lipinski definition) is 1. The van der Waals surface area contributed by atoms with Crippen LogP contribution in [-0.2, 0) is 4.79 Å². The van der Waals surface area contributed by atoms with Gasteiger partial charge in [-0.15, -0.1) is 10.2 Å². The Balaban J connectivity index is 1.98. The molecule has 0 unspecified atom stereocenters. The number of ether oxygens (including phenoxy) is 2. The minimum atomic E-state index is -0.139. The summed E-state index contributed by atoms with van der Waals surface area (Å²) >= 11 is 2.82. The van der Waals surface area contributed by atoms with E-state index in [2.05, 4.69) is 15.5 Å². The van der Waals surface area contributed by atoms with Gasteiger partial charge in [-0.05, 0) is 19.1 Å². The fourth-order valence-corrected chi connectivity index (χ4v) is 3.18. The molecule has 6 nitrogen and oxygen atoms in total. The van der Waals surface area contributed by atoms with Crippen LogP contribution in [0.4, 0.5) is 5.69 Å². The van der Waals surface area contributed by atoms with Crippen LogP contribution < -0.4 is 14.8 Å².